The van der Waals surface area contributed by atoms with Gasteiger partial charge >= 0.3 is 0 Å². The van der Waals surface area contributed by atoms with Gasteiger partial charge in [-0.3, -0.25) is 9.69 Å². The molecule has 1 aromatic heterocycles. The molecule has 1 amide bonds. The quantitative estimate of drug-likeness (QED) is 0.680. The molecule has 1 spiro atoms. The normalized spacial score (nSPS) is 25.1. The molecule has 0 bridgehead atoms. The van der Waals surface area contributed by atoms with Crippen molar-refractivity contribution in [2.24, 2.45) is 5.92 Å². The van der Waals surface area contributed by atoms with E-state index in [4.69, 9.17) is 9.47 Å². The van der Waals surface area contributed by atoms with Gasteiger partial charge < -0.3 is 19.7 Å². The van der Waals surface area contributed by atoms with Crippen LogP contribution in [-0.4, -0.2) is 85.5 Å². The molecule has 1 saturated carbocycles. The Bertz CT molecular complexity index is 619. The predicted octanol–water partition coefficient (Wildman–Crippen LogP) is -0.0912. The van der Waals surface area contributed by atoms with E-state index in [0.29, 0.717) is 19.8 Å². The highest BCUT2D eigenvalue weighted by molar-refractivity contribution is 5.82. The van der Waals surface area contributed by atoms with E-state index in [1.807, 2.05) is 6.07 Å². The van der Waals surface area contributed by atoms with E-state index in [9.17, 15) is 4.79 Å². The van der Waals surface area contributed by atoms with Crippen LogP contribution in [0.15, 0.2) is 18.5 Å². The van der Waals surface area contributed by atoms with Gasteiger partial charge in [0.15, 0.2) is 0 Å². The first-order valence-electron chi connectivity index (χ1n) is 9.36. The third kappa shape index (κ3) is 3.82. The number of aromatic nitrogens is 2. The number of rotatable bonds is 7. The molecule has 3 fully saturated rings. The zero-order chi connectivity index (χ0) is 18.0. The maximum atomic E-state index is 12.6. The zero-order valence-electron chi connectivity index (χ0n) is 15.3. The molecule has 1 N–H and O–H groups in total. The van der Waals surface area contributed by atoms with Gasteiger partial charge in [0, 0.05) is 39.1 Å². The first kappa shape index (κ1) is 17.6. The minimum Gasteiger partial charge on any atom is -0.383 e. The largest absolute Gasteiger partial charge is 0.383 e. The van der Waals surface area contributed by atoms with Gasteiger partial charge in [0.2, 0.25) is 11.9 Å². The molecular weight excluding hydrogens is 334 g/mol. The zero-order valence-corrected chi connectivity index (χ0v) is 15.3. The first-order chi connectivity index (χ1) is 12.7. The molecule has 8 heteroatoms. The highest BCUT2D eigenvalue weighted by Gasteiger charge is 2.51. The predicted molar refractivity (Wildman–Crippen MR) is 95.9 cm³/mol. The van der Waals surface area contributed by atoms with Crippen LogP contribution in [0.2, 0.25) is 0 Å². The van der Waals surface area contributed by atoms with Crippen LogP contribution in [0.3, 0.4) is 0 Å². The van der Waals surface area contributed by atoms with Crippen molar-refractivity contribution in [2.75, 3.05) is 57.9 Å². The average Bonchev–Trinajstić information content (AvgIpc) is 3.44. The van der Waals surface area contributed by atoms with Crippen molar-refractivity contribution in [1.82, 2.24) is 20.2 Å². The minimum absolute atomic E-state index is 0.0418. The molecule has 142 valence electrons. The van der Waals surface area contributed by atoms with Crippen LogP contribution in [0.1, 0.15) is 12.8 Å². The molecule has 1 aliphatic carbocycles. The molecule has 3 aliphatic rings. The molecule has 0 aromatic carbocycles. The standard InChI is InChI=1S/C18H27N5O3/c1-25-8-7-19-16(24)15-10-26-18(11-22(15)9-14-3-4-14)12-23(13-18)17-20-5-2-6-21-17/h2,5-6,14-15H,3-4,7-13H2,1H3,(H,19,24)/t15-/m0/s1. The third-order valence-electron chi connectivity index (χ3n) is 5.37. The van der Waals surface area contributed by atoms with E-state index in [-0.39, 0.29) is 17.6 Å². The monoisotopic (exact) mass is 361 g/mol. The lowest BCUT2D eigenvalue weighted by Crippen LogP contribution is -2.73. The van der Waals surface area contributed by atoms with Gasteiger partial charge in [0.25, 0.3) is 0 Å². The number of morpholine rings is 1. The number of hydrogen-bond acceptors (Lipinski definition) is 7. The number of ether oxygens (including phenoxy) is 2. The Morgan fingerprint density at radius 3 is 2.81 bits per heavy atom. The van der Waals surface area contributed by atoms with Crippen molar-refractivity contribution in [1.29, 1.82) is 0 Å². The van der Waals surface area contributed by atoms with Crippen LogP contribution in [0, 0.1) is 5.92 Å². The van der Waals surface area contributed by atoms with Gasteiger partial charge in [0.1, 0.15) is 11.6 Å². The number of nitrogens with one attached hydrogen (secondary N) is 1. The van der Waals surface area contributed by atoms with Crippen LogP contribution in [0.5, 0.6) is 0 Å². The molecule has 0 unspecified atom stereocenters. The summed E-state index contributed by atoms with van der Waals surface area (Å²) in [4.78, 5) is 25.7. The fourth-order valence-electron chi connectivity index (χ4n) is 3.78. The highest BCUT2D eigenvalue weighted by Crippen LogP contribution is 2.36. The molecule has 1 atom stereocenters. The van der Waals surface area contributed by atoms with E-state index in [1.54, 1.807) is 19.5 Å². The molecule has 3 heterocycles. The molecule has 0 radical (unpaired) electrons. The second kappa shape index (κ2) is 7.46. The van der Waals surface area contributed by atoms with E-state index < -0.39 is 0 Å². The van der Waals surface area contributed by atoms with Crippen LogP contribution >= 0.6 is 0 Å². The van der Waals surface area contributed by atoms with Crippen molar-refractivity contribution >= 4 is 11.9 Å². The lowest BCUT2D eigenvalue weighted by atomic mass is 9.90. The molecule has 26 heavy (non-hydrogen) atoms. The lowest BCUT2D eigenvalue weighted by Gasteiger charge is -2.55. The fraction of sp³-hybridized carbons (Fsp3) is 0.722. The van der Waals surface area contributed by atoms with E-state index in [1.165, 1.54) is 12.8 Å². The van der Waals surface area contributed by atoms with Crippen LogP contribution in [0.4, 0.5) is 5.95 Å². The second-order valence-corrected chi connectivity index (χ2v) is 7.57. The number of hydrogen-bond donors (Lipinski definition) is 1. The molecule has 8 nitrogen and oxygen atoms in total. The van der Waals surface area contributed by atoms with Crippen molar-refractivity contribution in [3.8, 4) is 0 Å². The smallest absolute Gasteiger partial charge is 0.239 e. The summed E-state index contributed by atoms with van der Waals surface area (Å²) in [5.74, 6) is 1.52. The summed E-state index contributed by atoms with van der Waals surface area (Å²) < 4.78 is 11.2. The third-order valence-corrected chi connectivity index (χ3v) is 5.37. The first-order valence-corrected chi connectivity index (χ1v) is 9.36. The lowest BCUT2D eigenvalue weighted by molar-refractivity contribution is -0.162. The average molecular weight is 361 g/mol. The number of carbonyl (C=O) groups excluding carboxylic acids is 1. The SMILES string of the molecule is COCCNC(=O)[C@@H]1COC2(CN(c3ncccn3)C2)CN1CC1CC1. The Labute approximate surface area is 153 Å². The maximum absolute atomic E-state index is 12.6. The van der Waals surface area contributed by atoms with Crippen molar-refractivity contribution in [3.05, 3.63) is 18.5 Å². The van der Waals surface area contributed by atoms with Crippen LogP contribution < -0.4 is 10.2 Å². The Morgan fingerprint density at radius 2 is 2.12 bits per heavy atom. The van der Waals surface area contributed by atoms with Crippen molar-refractivity contribution in [3.63, 3.8) is 0 Å². The summed E-state index contributed by atoms with van der Waals surface area (Å²) in [7, 11) is 1.64. The summed E-state index contributed by atoms with van der Waals surface area (Å²) in [6, 6.07) is 1.61. The summed E-state index contributed by atoms with van der Waals surface area (Å²) in [6.45, 7) is 4.82. The fourth-order valence-corrected chi connectivity index (χ4v) is 3.78. The number of amides is 1. The molecule has 2 aliphatic heterocycles. The number of carbonyl (C=O) groups is 1. The summed E-state index contributed by atoms with van der Waals surface area (Å²) in [5.41, 5.74) is -0.211. The summed E-state index contributed by atoms with van der Waals surface area (Å²) in [6.07, 6.45) is 6.06. The van der Waals surface area contributed by atoms with Crippen molar-refractivity contribution < 1.29 is 14.3 Å². The van der Waals surface area contributed by atoms with Crippen LogP contribution in [-0.2, 0) is 14.3 Å². The van der Waals surface area contributed by atoms with E-state index in [2.05, 4.69) is 25.1 Å². The Hall–Kier alpha value is -1.77. The summed E-state index contributed by atoms with van der Waals surface area (Å²) in [5, 5.41) is 2.96. The second-order valence-electron chi connectivity index (χ2n) is 7.57. The number of methoxy groups -OCH3 is 1. The molecular formula is C18H27N5O3. The molecule has 1 aromatic rings. The van der Waals surface area contributed by atoms with Gasteiger partial charge in [-0.25, -0.2) is 9.97 Å². The van der Waals surface area contributed by atoms with Gasteiger partial charge in [-0.05, 0) is 24.8 Å². The Kier molecular flexibility index (Phi) is 5.06. The topological polar surface area (TPSA) is 79.8 Å². The molecule has 2 saturated heterocycles. The van der Waals surface area contributed by atoms with E-state index >= 15 is 0 Å². The van der Waals surface area contributed by atoms with Crippen LogP contribution in [0.25, 0.3) is 0 Å². The van der Waals surface area contributed by atoms with Crippen molar-refractivity contribution in [2.45, 2.75) is 24.5 Å². The number of anilines is 1. The number of nitrogens with zero attached hydrogens (tertiary/aromatic N) is 4. The van der Waals surface area contributed by atoms with E-state index in [0.717, 1.165) is 38.0 Å². The Balaban J connectivity index is 1.37. The summed E-state index contributed by atoms with van der Waals surface area (Å²) >= 11 is 0. The van der Waals surface area contributed by atoms with Gasteiger partial charge in [-0.1, -0.05) is 0 Å². The minimum atomic E-state index is -0.211. The maximum Gasteiger partial charge on any atom is 0.239 e. The Morgan fingerprint density at radius 1 is 1.35 bits per heavy atom. The van der Waals surface area contributed by atoms with Gasteiger partial charge in [-0.2, -0.15) is 0 Å². The molecule has 4 rings (SSSR count). The van der Waals surface area contributed by atoms with Gasteiger partial charge in [0.05, 0.1) is 26.3 Å². The highest BCUT2D eigenvalue weighted by atomic mass is 16.5. The van der Waals surface area contributed by atoms with Gasteiger partial charge in [-0.15, -0.1) is 0 Å².